The van der Waals surface area contributed by atoms with Crippen LogP contribution in [0.5, 0.6) is 0 Å². The summed E-state index contributed by atoms with van der Waals surface area (Å²) in [6, 6.07) is 10.6. The summed E-state index contributed by atoms with van der Waals surface area (Å²) in [6.45, 7) is 0.00982. The van der Waals surface area contributed by atoms with E-state index in [0.29, 0.717) is 0 Å². The third-order valence-electron chi connectivity index (χ3n) is 3.88. The van der Waals surface area contributed by atoms with Crippen LogP contribution in [0.2, 0.25) is 10.0 Å². The molecule has 1 fully saturated rings. The predicted molar refractivity (Wildman–Crippen MR) is 108 cm³/mol. The van der Waals surface area contributed by atoms with Gasteiger partial charge in [0.05, 0.1) is 20.5 Å². The number of hydrogen-bond acceptors (Lipinski definition) is 4. The summed E-state index contributed by atoms with van der Waals surface area (Å²) >= 11 is 12.6. The molecule has 1 saturated heterocycles. The van der Waals surface area contributed by atoms with Crippen LogP contribution in [0, 0.1) is 5.82 Å². The number of benzene rings is 2. The van der Waals surface area contributed by atoms with Crippen molar-refractivity contribution in [2.75, 3.05) is 13.1 Å². The fourth-order valence-electron chi connectivity index (χ4n) is 2.48. The van der Waals surface area contributed by atoms with Crippen molar-refractivity contribution < 1.29 is 18.8 Å². The molecule has 1 N–H and O–H groups in total. The second kappa shape index (κ2) is 8.77. The Morgan fingerprint density at radius 1 is 1.14 bits per heavy atom. The van der Waals surface area contributed by atoms with E-state index in [1.165, 1.54) is 30.3 Å². The fraction of sp³-hybridized carbons (Fsp3) is 0.105. The van der Waals surface area contributed by atoms with Crippen molar-refractivity contribution in [2.45, 2.75) is 0 Å². The first-order valence-corrected chi connectivity index (χ1v) is 9.68. The highest BCUT2D eigenvalue weighted by Crippen LogP contribution is 2.32. The second-order valence-electron chi connectivity index (χ2n) is 5.71. The molecular weight excluding hydrogens is 426 g/mol. The van der Waals surface area contributed by atoms with Crippen molar-refractivity contribution >= 4 is 58.1 Å². The van der Waals surface area contributed by atoms with Crippen LogP contribution in [-0.4, -0.2) is 35.0 Å². The van der Waals surface area contributed by atoms with Crippen LogP contribution in [0.4, 0.5) is 9.18 Å². The predicted octanol–water partition coefficient (Wildman–Crippen LogP) is 4.60. The van der Waals surface area contributed by atoms with Gasteiger partial charge in [-0.25, -0.2) is 4.39 Å². The summed E-state index contributed by atoms with van der Waals surface area (Å²) in [5, 5.41) is 2.48. The third-order valence-corrected chi connectivity index (χ3v) is 5.61. The Morgan fingerprint density at radius 3 is 2.64 bits per heavy atom. The van der Waals surface area contributed by atoms with Gasteiger partial charge in [-0.1, -0.05) is 47.5 Å². The number of carbonyl (C=O) groups excluding carboxylic acids is 3. The Labute approximate surface area is 174 Å². The quantitative estimate of drug-likeness (QED) is 0.692. The molecule has 0 saturated carbocycles. The Morgan fingerprint density at radius 2 is 1.89 bits per heavy atom. The van der Waals surface area contributed by atoms with Gasteiger partial charge < -0.3 is 5.32 Å². The van der Waals surface area contributed by atoms with Crippen molar-refractivity contribution in [1.29, 1.82) is 0 Å². The molecule has 144 valence electrons. The minimum Gasteiger partial charge on any atom is -0.350 e. The SMILES string of the molecule is O=C(NCCN1C(=O)S/C(=C\c2ccccc2F)C1=O)c1cccc(Cl)c1Cl. The second-order valence-corrected chi connectivity index (χ2v) is 7.49. The maximum absolute atomic E-state index is 13.7. The van der Waals surface area contributed by atoms with E-state index in [0.717, 1.165) is 16.7 Å². The van der Waals surface area contributed by atoms with E-state index in [4.69, 9.17) is 23.2 Å². The zero-order valence-electron chi connectivity index (χ0n) is 14.2. The van der Waals surface area contributed by atoms with E-state index in [9.17, 15) is 18.8 Å². The molecule has 3 rings (SSSR count). The summed E-state index contributed by atoms with van der Waals surface area (Å²) in [6.07, 6.45) is 1.34. The van der Waals surface area contributed by atoms with Crippen molar-refractivity contribution in [3.8, 4) is 0 Å². The molecule has 1 aliphatic rings. The number of nitrogens with one attached hydrogen (secondary N) is 1. The Hall–Kier alpha value is -2.35. The lowest BCUT2D eigenvalue weighted by atomic mass is 10.2. The molecule has 1 heterocycles. The van der Waals surface area contributed by atoms with Gasteiger partial charge in [-0.05, 0) is 36.0 Å². The van der Waals surface area contributed by atoms with Gasteiger partial charge in [-0.2, -0.15) is 0 Å². The minimum absolute atomic E-state index is 0.0246. The summed E-state index contributed by atoms with van der Waals surface area (Å²) in [7, 11) is 0. The van der Waals surface area contributed by atoms with Crippen molar-refractivity contribution in [2.24, 2.45) is 0 Å². The number of carbonyl (C=O) groups is 3. The first-order valence-electron chi connectivity index (χ1n) is 8.10. The molecule has 0 bridgehead atoms. The first kappa shape index (κ1) is 20.4. The van der Waals surface area contributed by atoms with Gasteiger partial charge in [-0.15, -0.1) is 0 Å². The number of nitrogens with zero attached hydrogens (tertiary/aromatic N) is 1. The molecule has 3 amide bonds. The summed E-state index contributed by atoms with van der Waals surface area (Å²) in [4.78, 5) is 37.8. The molecule has 9 heteroatoms. The summed E-state index contributed by atoms with van der Waals surface area (Å²) < 4.78 is 13.7. The van der Waals surface area contributed by atoms with Gasteiger partial charge in [0.15, 0.2) is 0 Å². The normalized spacial score (nSPS) is 15.4. The van der Waals surface area contributed by atoms with E-state index >= 15 is 0 Å². The van der Waals surface area contributed by atoms with E-state index in [1.54, 1.807) is 18.2 Å². The number of hydrogen-bond donors (Lipinski definition) is 1. The zero-order chi connectivity index (χ0) is 20.3. The third kappa shape index (κ3) is 4.38. The van der Waals surface area contributed by atoms with Crippen LogP contribution in [0.15, 0.2) is 47.4 Å². The summed E-state index contributed by atoms with van der Waals surface area (Å²) in [5.41, 5.74) is 0.416. The molecule has 0 atom stereocenters. The van der Waals surface area contributed by atoms with Gasteiger partial charge in [0, 0.05) is 18.7 Å². The van der Waals surface area contributed by atoms with Gasteiger partial charge in [-0.3, -0.25) is 19.3 Å². The zero-order valence-corrected chi connectivity index (χ0v) is 16.6. The van der Waals surface area contributed by atoms with Gasteiger partial charge in [0.25, 0.3) is 17.1 Å². The first-order chi connectivity index (χ1) is 13.4. The molecule has 0 aliphatic carbocycles. The van der Waals surface area contributed by atoms with Gasteiger partial charge in [0.1, 0.15) is 5.82 Å². The van der Waals surface area contributed by atoms with Crippen LogP contribution < -0.4 is 5.32 Å². The summed E-state index contributed by atoms with van der Waals surface area (Å²) in [5.74, 6) is -1.49. The molecule has 2 aromatic carbocycles. The topological polar surface area (TPSA) is 66.5 Å². The highest BCUT2D eigenvalue weighted by atomic mass is 35.5. The monoisotopic (exact) mass is 438 g/mol. The van der Waals surface area contributed by atoms with Crippen LogP contribution in [0.25, 0.3) is 6.08 Å². The van der Waals surface area contributed by atoms with Crippen molar-refractivity contribution in [1.82, 2.24) is 10.2 Å². The molecule has 2 aromatic rings. The number of thioether (sulfide) groups is 1. The van der Waals surface area contributed by atoms with E-state index < -0.39 is 22.9 Å². The highest BCUT2D eigenvalue weighted by molar-refractivity contribution is 8.18. The lowest BCUT2D eigenvalue weighted by molar-refractivity contribution is -0.122. The lowest BCUT2D eigenvalue weighted by Gasteiger charge is -2.13. The number of amides is 3. The Kier molecular flexibility index (Phi) is 6.39. The molecule has 0 unspecified atom stereocenters. The lowest BCUT2D eigenvalue weighted by Crippen LogP contribution is -2.37. The molecule has 28 heavy (non-hydrogen) atoms. The van der Waals surface area contributed by atoms with Crippen LogP contribution in [0.3, 0.4) is 0 Å². The number of rotatable bonds is 5. The molecule has 5 nitrogen and oxygen atoms in total. The average molecular weight is 439 g/mol. The molecule has 0 aromatic heterocycles. The largest absolute Gasteiger partial charge is 0.350 e. The maximum atomic E-state index is 13.7. The Bertz CT molecular complexity index is 997. The molecular formula is C19H13Cl2FN2O3S. The fourth-order valence-corrected chi connectivity index (χ4v) is 3.72. The van der Waals surface area contributed by atoms with Crippen LogP contribution in [0.1, 0.15) is 15.9 Å². The average Bonchev–Trinajstić information content (AvgIpc) is 2.93. The van der Waals surface area contributed by atoms with E-state index in [1.807, 2.05) is 0 Å². The molecule has 0 radical (unpaired) electrons. The molecule has 1 aliphatic heterocycles. The minimum atomic E-state index is -0.534. The highest BCUT2D eigenvalue weighted by Gasteiger charge is 2.34. The Balaban J connectivity index is 1.63. The van der Waals surface area contributed by atoms with Gasteiger partial charge in [0.2, 0.25) is 0 Å². The van der Waals surface area contributed by atoms with Crippen molar-refractivity contribution in [3.63, 3.8) is 0 Å². The maximum Gasteiger partial charge on any atom is 0.293 e. The van der Waals surface area contributed by atoms with E-state index in [-0.39, 0.29) is 39.2 Å². The van der Waals surface area contributed by atoms with Crippen molar-refractivity contribution in [3.05, 3.63) is 74.4 Å². The van der Waals surface area contributed by atoms with Crippen LogP contribution >= 0.6 is 35.0 Å². The standard InChI is InChI=1S/C19H13Cl2FN2O3S/c20-13-6-3-5-12(16(13)21)17(25)23-8-9-24-18(26)15(28-19(24)27)10-11-4-1-2-7-14(11)22/h1-7,10H,8-9H2,(H,23,25)/b15-10-. The number of imide groups is 1. The van der Waals surface area contributed by atoms with E-state index in [2.05, 4.69) is 5.32 Å². The van der Waals surface area contributed by atoms with Gasteiger partial charge >= 0.3 is 0 Å². The molecule has 0 spiro atoms. The smallest absolute Gasteiger partial charge is 0.293 e. The van der Waals surface area contributed by atoms with Crippen LogP contribution in [-0.2, 0) is 4.79 Å². The number of halogens is 3.